The molecular weight excluding hydrogens is 515 g/mol. The molecule has 2 aromatic heterocycles. The van der Waals surface area contributed by atoms with Crippen LogP contribution in [0.15, 0.2) is 30.3 Å². The van der Waals surface area contributed by atoms with Gasteiger partial charge in [0.2, 0.25) is 5.91 Å². The van der Waals surface area contributed by atoms with Crippen LogP contribution < -0.4 is 15.4 Å². The van der Waals surface area contributed by atoms with E-state index < -0.39 is 24.2 Å². The molecule has 1 saturated heterocycles. The van der Waals surface area contributed by atoms with Crippen LogP contribution in [0.5, 0.6) is 5.75 Å². The first-order valence-corrected chi connectivity index (χ1v) is 12.7. The second-order valence-electron chi connectivity index (χ2n) is 9.87. The Labute approximate surface area is 223 Å². The minimum atomic E-state index is -4.58. The van der Waals surface area contributed by atoms with Gasteiger partial charge >= 0.3 is 6.18 Å². The van der Waals surface area contributed by atoms with Crippen molar-refractivity contribution in [2.45, 2.75) is 57.9 Å². The summed E-state index contributed by atoms with van der Waals surface area (Å²) in [6.07, 6.45) is -2.93. The number of anilines is 2. The van der Waals surface area contributed by atoms with E-state index in [1.54, 1.807) is 43.0 Å². The Hall–Kier alpha value is -4.03. The van der Waals surface area contributed by atoms with Crippen LogP contribution in [-0.4, -0.2) is 62.7 Å². The van der Waals surface area contributed by atoms with Gasteiger partial charge in [-0.05, 0) is 44.4 Å². The first-order valence-electron chi connectivity index (χ1n) is 12.7. The van der Waals surface area contributed by atoms with Crippen LogP contribution in [0.25, 0.3) is 0 Å². The second kappa shape index (κ2) is 10.3. The lowest BCUT2D eigenvalue weighted by Gasteiger charge is -2.33. The number of aromatic nitrogens is 4. The lowest BCUT2D eigenvalue weighted by Crippen LogP contribution is -2.35. The second-order valence-corrected chi connectivity index (χ2v) is 9.87. The van der Waals surface area contributed by atoms with Gasteiger partial charge in [-0.3, -0.25) is 14.3 Å². The monoisotopic (exact) mass is 545 g/mol. The van der Waals surface area contributed by atoms with Gasteiger partial charge in [-0.25, -0.2) is 4.68 Å². The fourth-order valence-electron chi connectivity index (χ4n) is 5.17. The molecule has 1 fully saturated rings. The molecule has 2 N–H and O–H groups in total. The van der Waals surface area contributed by atoms with Crippen molar-refractivity contribution < 1.29 is 27.5 Å². The summed E-state index contributed by atoms with van der Waals surface area (Å²) in [6.45, 7) is 4.91. The minimum absolute atomic E-state index is 0.0458. The number of alkyl halides is 3. The Kier molecular flexibility index (Phi) is 7.00. The number of halogens is 3. The van der Waals surface area contributed by atoms with E-state index in [-0.39, 0.29) is 30.4 Å². The highest BCUT2D eigenvalue weighted by Gasteiger charge is 2.47. The van der Waals surface area contributed by atoms with Crippen LogP contribution >= 0.6 is 0 Å². The number of likely N-dealkylation sites (tertiary alicyclic amines) is 1. The van der Waals surface area contributed by atoms with Crippen molar-refractivity contribution in [3.63, 3.8) is 0 Å². The van der Waals surface area contributed by atoms with Gasteiger partial charge in [-0.15, -0.1) is 0 Å². The van der Waals surface area contributed by atoms with Gasteiger partial charge in [-0.1, -0.05) is 12.1 Å². The van der Waals surface area contributed by atoms with Crippen LogP contribution in [0, 0.1) is 13.8 Å². The van der Waals surface area contributed by atoms with E-state index in [0.717, 1.165) is 30.6 Å². The van der Waals surface area contributed by atoms with Crippen molar-refractivity contribution in [3.8, 4) is 5.75 Å². The average Bonchev–Trinajstić information content (AvgIpc) is 3.64. The molecule has 2 aliphatic heterocycles. The fraction of sp³-hybridized carbons (Fsp3) is 0.462. The molecule has 0 radical (unpaired) electrons. The molecule has 1 aromatic carbocycles. The number of carbonyl (C=O) groups is 2. The van der Waals surface area contributed by atoms with Gasteiger partial charge in [0.1, 0.15) is 18.1 Å². The highest BCUT2D eigenvalue weighted by molar-refractivity contribution is 6.04. The molecule has 0 bridgehead atoms. The van der Waals surface area contributed by atoms with E-state index in [2.05, 4.69) is 20.8 Å². The Morgan fingerprint density at radius 1 is 1.15 bits per heavy atom. The number of rotatable bonds is 6. The molecule has 208 valence electrons. The SMILES string of the molecule is COc1cccc([C@H]2C[C@H](C(F)(F)F)n3nc(C(=O)Nc4c(C)nn(CC(=O)N5CCCC5)c4C)cc3N2)c1. The molecule has 0 aliphatic carbocycles. The lowest BCUT2D eigenvalue weighted by atomic mass is 9.97. The van der Waals surface area contributed by atoms with Crippen molar-refractivity contribution in [2.24, 2.45) is 0 Å². The molecule has 3 aromatic rings. The normalized spacial score (nSPS) is 19.0. The number of carbonyl (C=O) groups excluding carboxylic acids is 2. The number of hydrogen-bond acceptors (Lipinski definition) is 6. The molecule has 13 heteroatoms. The number of amides is 2. The zero-order valence-electron chi connectivity index (χ0n) is 21.9. The van der Waals surface area contributed by atoms with E-state index in [9.17, 15) is 22.8 Å². The summed E-state index contributed by atoms with van der Waals surface area (Å²) < 4.78 is 49.8. The Morgan fingerprint density at radius 3 is 2.59 bits per heavy atom. The summed E-state index contributed by atoms with van der Waals surface area (Å²) >= 11 is 0. The van der Waals surface area contributed by atoms with Crippen molar-refractivity contribution in [2.75, 3.05) is 30.8 Å². The van der Waals surface area contributed by atoms with Crippen molar-refractivity contribution >= 4 is 23.3 Å². The summed E-state index contributed by atoms with van der Waals surface area (Å²) in [5.74, 6) is -0.103. The number of aryl methyl sites for hydroxylation is 1. The van der Waals surface area contributed by atoms with Crippen molar-refractivity contribution in [1.29, 1.82) is 0 Å². The molecular formula is C26H30F3N7O3. The van der Waals surface area contributed by atoms with Gasteiger partial charge in [0, 0.05) is 25.6 Å². The van der Waals surface area contributed by atoms with Gasteiger partial charge < -0.3 is 20.3 Å². The Balaban J connectivity index is 1.37. The van der Waals surface area contributed by atoms with Gasteiger partial charge in [0.15, 0.2) is 11.7 Å². The molecule has 2 atom stereocenters. The van der Waals surface area contributed by atoms with Crippen molar-refractivity contribution in [3.05, 3.63) is 53.0 Å². The third-order valence-electron chi connectivity index (χ3n) is 7.28. The third kappa shape index (κ3) is 5.30. The van der Waals surface area contributed by atoms with E-state index in [4.69, 9.17) is 4.74 Å². The van der Waals surface area contributed by atoms with Crippen LogP contribution in [0.1, 0.15) is 58.8 Å². The van der Waals surface area contributed by atoms with Crippen LogP contribution in [0.4, 0.5) is 24.7 Å². The zero-order chi connectivity index (χ0) is 27.9. The predicted molar refractivity (Wildman–Crippen MR) is 137 cm³/mol. The molecule has 2 aliphatic rings. The number of fused-ring (bicyclic) bond motifs is 1. The van der Waals surface area contributed by atoms with E-state index in [1.807, 2.05) is 0 Å². The highest BCUT2D eigenvalue weighted by atomic mass is 19.4. The fourth-order valence-corrected chi connectivity index (χ4v) is 5.17. The maximum Gasteiger partial charge on any atom is 0.410 e. The van der Waals surface area contributed by atoms with Gasteiger partial charge in [0.05, 0.1) is 30.2 Å². The summed E-state index contributed by atoms with van der Waals surface area (Å²) in [6, 6.07) is 5.57. The number of hydrogen-bond donors (Lipinski definition) is 2. The summed E-state index contributed by atoms with van der Waals surface area (Å²) in [7, 11) is 1.49. The van der Waals surface area contributed by atoms with Crippen LogP contribution in [-0.2, 0) is 11.3 Å². The quantitative estimate of drug-likeness (QED) is 0.480. The van der Waals surface area contributed by atoms with Gasteiger partial charge in [-0.2, -0.15) is 23.4 Å². The largest absolute Gasteiger partial charge is 0.497 e. The Morgan fingerprint density at radius 2 is 1.90 bits per heavy atom. The Bertz CT molecular complexity index is 1390. The van der Waals surface area contributed by atoms with Crippen LogP contribution in [0.2, 0.25) is 0 Å². The molecule has 39 heavy (non-hydrogen) atoms. The third-order valence-corrected chi connectivity index (χ3v) is 7.28. The standard InChI is InChI=1S/C26H30F3N7O3/c1-15-24(16(2)35(32-15)14-23(37)34-9-4-5-10-34)31-25(38)20-13-22-30-19(17-7-6-8-18(11-17)39-3)12-21(26(27,28)29)36(22)33-20/h6-8,11,13,19,21,30H,4-5,9-10,12,14H2,1-3H3,(H,31,38)/t19-,21-/m1/s1. The smallest absolute Gasteiger partial charge is 0.410 e. The summed E-state index contributed by atoms with van der Waals surface area (Å²) in [4.78, 5) is 27.5. The molecule has 2 amide bonds. The molecule has 0 spiro atoms. The first kappa shape index (κ1) is 26.6. The van der Waals surface area contributed by atoms with E-state index >= 15 is 0 Å². The summed E-state index contributed by atoms with van der Waals surface area (Å²) in [5.41, 5.74) is 1.92. The summed E-state index contributed by atoms with van der Waals surface area (Å²) in [5, 5.41) is 14.2. The number of benzene rings is 1. The molecule has 0 saturated carbocycles. The number of methoxy groups -OCH3 is 1. The molecule has 10 nitrogen and oxygen atoms in total. The number of nitrogens with zero attached hydrogens (tertiary/aromatic N) is 5. The van der Waals surface area contributed by atoms with Gasteiger partial charge in [0.25, 0.3) is 5.91 Å². The number of ether oxygens (including phenoxy) is 1. The van der Waals surface area contributed by atoms with E-state index in [0.29, 0.717) is 28.4 Å². The predicted octanol–water partition coefficient (Wildman–Crippen LogP) is 4.24. The maximum absolute atomic E-state index is 14.1. The maximum atomic E-state index is 14.1. The first-order chi connectivity index (χ1) is 18.5. The average molecular weight is 546 g/mol. The number of nitrogens with one attached hydrogen (secondary N) is 2. The van der Waals surface area contributed by atoms with E-state index in [1.165, 1.54) is 17.9 Å². The zero-order valence-corrected chi connectivity index (χ0v) is 21.9. The molecule has 4 heterocycles. The topological polar surface area (TPSA) is 106 Å². The minimum Gasteiger partial charge on any atom is -0.497 e. The molecule has 5 rings (SSSR count). The molecule has 0 unspecified atom stereocenters. The lowest BCUT2D eigenvalue weighted by molar-refractivity contribution is -0.173. The van der Waals surface area contributed by atoms with Crippen LogP contribution in [0.3, 0.4) is 0 Å². The van der Waals surface area contributed by atoms with Crippen molar-refractivity contribution in [1.82, 2.24) is 24.5 Å². The highest BCUT2D eigenvalue weighted by Crippen LogP contribution is 2.44.